The second-order valence-electron chi connectivity index (χ2n) is 9.90. The molecule has 6 rings (SSSR count). The minimum atomic E-state index is -0.942. The van der Waals surface area contributed by atoms with Crippen LogP contribution >= 0.6 is 0 Å². The Morgan fingerprint density at radius 3 is 2.64 bits per heavy atom. The highest BCUT2D eigenvalue weighted by Gasteiger charge is 2.45. The van der Waals surface area contributed by atoms with Crippen LogP contribution in [-0.2, 0) is 17.8 Å². The quantitative estimate of drug-likeness (QED) is 0.603. The van der Waals surface area contributed by atoms with E-state index in [1.807, 2.05) is 48.4 Å². The number of fused-ring (bicyclic) bond motifs is 4. The summed E-state index contributed by atoms with van der Waals surface area (Å²) in [7, 11) is 0. The molecular weight excluding hydrogens is 466 g/mol. The van der Waals surface area contributed by atoms with Crippen molar-refractivity contribution in [3.8, 4) is 11.4 Å². The number of imidazole rings is 1. The summed E-state index contributed by atoms with van der Waals surface area (Å²) >= 11 is 0. The summed E-state index contributed by atoms with van der Waals surface area (Å²) in [5.74, 6) is -0.578. The first-order chi connectivity index (χ1) is 17.1. The third-order valence-electron chi connectivity index (χ3n) is 6.70. The molecule has 0 bridgehead atoms. The summed E-state index contributed by atoms with van der Waals surface area (Å²) in [4.78, 5) is 38.7. The Morgan fingerprint density at radius 2 is 1.89 bits per heavy atom. The molecule has 3 aliphatic rings. The molecule has 184 valence electrons. The first-order valence-corrected chi connectivity index (χ1v) is 11.8. The fourth-order valence-corrected chi connectivity index (χ4v) is 5.12. The van der Waals surface area contributed by atoms with E-state index in [-0.39, 0.29) is 30.5 Å². The van der Waals surface area contributed by atoms with Gasteiger partial charge in [-0.2, -0.15) is 0 Å². The summed E-state index contributed by atoms with van der Waals surface area (Å²) in [6, 6.07) is 9.31. The van der Waals surface area contributed by atoms with Crippen LogP contribution in [0, 0.1) is 11.6 Å². The van der Waals surface area contributed by atoms with Crippen molar-refractivity contribution in [1.82, 2.24) is 14.5 Å². The van der Waals surface area contributed by atoms with Gasteiger partial charge in [-0.05, 0) is 62.2 Å². The summed E-state index contributed by atoms with van der Waals surface area (Å²) in [5, 5.41) is 2.82. The van der Waals surface area contributed by atoms with Gasteiger partial charge in [-0.15, -0.1) is 0 Å². The van der Waals surface area contributed by atoms with Crippen molar-refractivity contribution in [2.75, 3.05) is 23.3 Å². The van der Waals surface area contributed by atoms with Gasteiger partial charge in [-0.3, -0.25) is 19.4 Å². The number of aliphatic imine (C=N–C) groups is 1. The number of halogens is 2. The van der Waals surface area contributed by atoms with Gasteiger partial charge in [0.15, 0.2) is 17.3 Å². The summed E-state index contributed by atoms with van der Waals surface area (Å²) in [6.45, 7) is 7.01. The first-order valence-electron chi connectivity index (χ1n) is 11.8. The molecule has 0 saturated carbocycles. The third kappa shape index (κ3) is 3.39. The van der Waals surface area contributed by atoms with Crippen molar-refractivity contribution in [2.24, 2.45) is 4.99 Å². The van der Waals surface area contributed by atoms with Crippen molar-refractivity contribution in [3.63, 3.8) is 0 Å². The van der Waals surface area contributed by atoms with Crippen molar-refractivity contribution in [1.29, 1.82) is 0 Å². The molecule has 0 saturated heterocycles. The monoisotopic (exact) mass is 490 g/mol. The van der Waals surface area contributed by atoms with E-state index in [0.717, 1.165) is 28.9 Å². The van der Waals surface area contributed by atoms with Gasteiger partial charge in [0.25, 0.3) is 5.91 Å². The number of anilines is 2. The lowest BCUT2D eigenvalue weighted by atomic mass is 10.1. The molecule has 10 heteroatoms. The van der Waals surface area contributed by atoms with Crippen LogP contribution in [0.25, 0.3) is 11.4 Å². The van der Waals surface area contributed by atoms with Crippen molar-refractivity contribution >= 4 is 29.3 Å². The van der Waals surface area contributed by atoms with Gasteiger partial charge < -0.3 is 9.88 Å². The number of carbonyl (C=O) groups excluding carboxylic acids is 2. The Hall–Kier alpha value is -4.08. The molecule has 0 spiro atoms. The van der Waals surface area contributed by atoms with Crippen LogP contribution in [0.3, 0.4) is 0 Å². The Kier molecular flexibility index (Phi) is 4.79. The number of nitrogens with zero attached hydrogens (tertiary/aromatic N) is 5. The molecule has 0 aliphatic carbocycles. The molecule has 0 unspecified atom stereocenters. The number of amides is 2. The molecular formula is C26H24F2N6O2. The average Bonchev–Trinajstić information content (AvgIpc) is 3.47. The second-order valence-corrected chi connectivity index (χ2v) is 9.90. The van der Waals surface area contributed by atoms with Crippen LogP contribution in [0.5, 0.6) is 0 Å². The number of aromatic nitrogens is 2. The molecule has 3 aliphatic heterocycles. The van der Waals surface area contributed by atoms with Gasteiger partial charge in [0, 0.05) is 17.8 Å². The van der Waals surface area contributed by atoms with Crippen LogP contribution in [0.4, 0.5) is 20.3 Å². The topological polar surface area (TPSA) is 82.8 Å². The molecule has 1 N–H and O–H groups in total. The predicted octanol–water partition coefficient (Wildman–Crippen LogP) is 3.80. The van der Waals surface area contributed by atoms with E-state index in [4.69, 9.17) is 9.98 Å². The molecule has 3 aromatic rings. The Labute approximate surface area is 206 Å². The number of hydrogen-bond donors (Lipinski definition) is 1. The van der Waals surface area contributed by atoms with Crippen molar-refractivity contribution in [2.45, 2.75) is 39.3 Å². The first kappa shape index (κ1) is 22.4. The highest BCUT2D eigenvalue weighted by molar-refractivity contribution is 6.18. The van der Waals surface area contributed by atoms with E-state index < -0.39 is 17.2 Å². The standard InChI is InChI=1S/C26H24F2N6O2/c1-4-32-24(36)21-23(34-13-26(2,3)31-25(32)34)33(12-14-5-7-17(27)18(28)9-14)22(30-21)15-6-8-19-16(10-15)11-20(35)29-19/h5-10H,4,11-13H2,1-3H3,(H,29,35). The van der Waals surface area contributed by atoms with Gasteiger partial charge >= 0.3 is 0 Å². The van der Waals surface area contributed by atoms with Crippen LogP contribution in [0.15, 0.2) is 41.4 Å². The zero-order valence-corrected chi connectivity index (χ0v) is 20.1. The SMILES string of the molecule is CCN1C(=O)c2nc(-c3ccc4c(c3)CC(=O)N4)n(Cc3ccc(F)c(F)c3)c2N2CC(C)(C)N=C12. The summed E-state index contributed by atoms with van der Waals surface area (Å²) < 4.78 is 29.6. The molecule has 2 aromatic carbocycles. The Bertz CT molecular complexity index is 1490. The van der Waals surface area contributed by atoms with E-state index in [0.29, 0.717) is 36.3 Å². The molecule has 0 fully saturated rings. The van der Waals surface area contributed by atoms with Crippen molar-refractivity contribution in [3.05, 3.63) is 64.9 Å². The molecule has 4 heterocycles. The fourth-order valence-electron chi connectivity index (χ4n) is 5.12. The van der Waals surface area contributed by atoms with E-state index in [1.165, 1.54) is 6.07 Å². The van der Waals surface area contributed by atoms with E-state index in [2.05, 4.69) is 5.32 Å². The molecule has 0 atom stereocenters. The van der Waals surface area contributed by atoms with E-state index >= 15 is 0 Å². The molecule has 36 heavy (non-hydrogen) atoms. The second kappa shape index (κ2) is 7.71. The smallest absolute Gasteiger partial charge is 0.283 e. The number of hydrogen-bond acceptors (Lipinski definition) is 5. The molecule has 2 amide bonds. The van der Waals surface area contributed by atoms with Crippen LogP contribution in [0.2, 0.25) is 0 Å². The molecule has 8 nitrogen and oxygen atoms in total. The van der Waals surface area contributed by atoms with Gasteiger partial charge in [-0.25, -0.2) is 18.8 Å². The minimum absolute atomic E-state index is 0.0829. The highest BCUT2D eigenvalue weighted by atomic mass is 19.2. The fraction of sp³-hybridized carbons (Fsp3) is 0.308. The lowest BCUT2D eigenvalue weighted by molar-refractivity contribution is -0.115. The van der Waals surface area contributed by atoms with Gasteiger partial charge in [-0.1, -0.05) is 6.07 Å². The predicted molar refractivity (Wildman–Crippen MR) is 131 cm³/mol. The van der Waals surface area contributed by atoms with E-state index in [9.17, 15) is 18.4 Å². The van der Waals surface area contributed by atoms with Crippen LogP contribution < -0.4 is 10.2 Å². The van der Waals surface area contributed by atoms with Gasteiger partial charge in [0.1, 0.15) is 11.6 Å². The van der Waals surface area contributed by atoms with Crippen LogP contribution in [0.1, 0.15) is 42.4 Å². The maximum atomic E-state index is 14.1. The number of nitrogens with one attached hydrogen (secondary N) is 1. The van der Waals surface area contributed by atoms with Crippen molar-refractivity contribution < 1.29 is 18.4 Å². The number of rotatable bonds is 4. The van der Waals surface area contributed by atoms with Gasteiger partial charge in [0.05, 0.1) is 25.0 Å². The number of carbonyl (C=O) groups is 2. The maximum absolute atomic E-state index is 14.1. The normalized spacial score (nSPS) is 17.6. The maximum Gasteiger partial charge on any atom is 0.283 e. The highest BCUT2D eigenvalue weighted by Crippen LogP contribution is 2.39. The van der Waals surface area contributed by atoms with Crippen LogP contribution in [-0.4, -0.2) is 50.9 Å². The summed E-state index contributed by atoms with van der Waals surface area (Å²) in [5.41, 5.74) is 2.67. The zero-order valence-electron chi connectivity index (χ0n) is 20.1. The van der Waals surface area contributed by atoms with E-state index in [1.54, 1.807) is 4.90 Å². The largest absolute Gasteiger partial charge is 0.326 e. The van der Waals surface area contributed by atoms with Gasteiger partial charge in [0.2, 0.25) is 11.9 Å². The number of guanidine groups is 1. The lowest BCUT2D eigenvalue weighted by Gasteiger charge is -2.34. The third-order valence-corrected chi connectivity index (χ3v) is 6.70. The lowest BCUT2D eigenvalue weighted by Crippen LogP contribution is -2.51. The molecule has 1 aromatic heterocycles. The minimum Gasteiger partial charge on any atom is -0.326 e. The zero-order chi connectivity index (χ0) is 25.4. The Morgan fingerprint density at radius 1 is 1.08 bits per heavy atom. The average molecular weight is 491 g/mol. The number of benzene rings is 2. The Balaban J connectivity index is 1.56. The summed E-state index contributed by atoms with van der Waals surface area (Å²) in [6.07, 6.45) is 0.256. The molecule has 0 radical (unpaired) electrons.